The quantitative estimate of drug-likeness (QED) is 0.828. The molecule has 0 fully saturated rings. The van der Waals surface area contributed by atoms with Crippen molar-refractivity contribution in [3.63, 3.8) is 0 Å². The lowest BCUT2D eigenvalue weighted by Crippen LogP contribution is -2.42. The number of rotatable bonds is 5. The van der Waals surface area contributed by atoms with Crippen LogP contribution in [0.5, 0.6) is 0 Å². The highest BCUT2D eigenvalue weighted by atomic mass is 32.1. The lowest BCUT2D eigenvalue weighted by molar-refractivity contribution is 0.300. The second-order valence-corrected chi connectivity index (χ2v) is 5.32. The van der Waals surface area contributed by atoms with Crippen LogP contribution in [0.2, 0.25) is 0 Å². The zero-order valence-corrected chi connectivity index (χ0v) is 11.2. The van der Waals surface area contributed by atoms with Crippen molar-refractivity contribution in [3.8, 4) is 0 Å². The van der Waals surface area contributed by atoms with Crippen LogP contribution in [0.25, 0.3) is 0 Å². The van der Waals surface area contributed by atoms with Crippen LogP contribution in [0.1, 0.15) is 57.1 Å². The Morgan fingerprint density at radius 2 is 2.07 bits per heavy atom. The Balaban J connectivity index is 2.71. The number of thiazole rings is 1. The van der Waals surface area contributed by atoms with Gasteiger partial charge in [-0.15, -0.1) is 11.3 Å². The average molecular weight is 226 g/mol. The molecule has 0 aliphatic rings. The maximum absolute atomic E-state index is 4.30. The largest absolute Gasteiger partial charge is 0.304 e. The fraction of sp³-hybridized carbons (Fsp3) is 0.750. The zero-order valence-electron chi connectivity index (χ0n) is 10.4. The summed E-state index contributed by atoms with van der Waals surface area (Å²) in [6.07, 6.45) is 2.32. The van der Waals surface area contributed by atoms with Crippen molar-refractivity contribution < 1.29 is 0 Å². The highest BCUT2D eigenvalue weighted by Gasteiger charge is 2.23. The monoisotopic (exact) mass is 226 g/mol. The van der Waals surface area contributed by atoms with E-state index in [0.29, 0.717) is 6.04 Å². The van der Waals surface area contributed by atoms with Gasteiger partial charge >= 0.3 is 0 Å². The molecule has 0 aromatic carbocycles. The van der Waals surface area contributed by atoms with Crippen molar-refractivity contribution in [2.75, 3.05) is 0 Å². The van der Waals surface area contributed by atoms with Crippen molar-refractivity contribution >= 4 is 11.3 Å². The Bertz CT molecular complexity index is 302. The third kappa shape index (κ3) is 3.02. The Kier molecular flexibility index (Phi) is 4.29. The van der Waals surface area contributed by atoms with E-state index in [0.717, 1.165) is 18.5 Å². The molecular weight excluding hydrogens is 204 g/mol. The van der Waals surface area contributed by atoms with E-state index >= 15 is 0 Å². The van der Waals surface area contributed by atoms with E-state index in [1.54, 1.807) is 11.3 Å². The minimum Gasteiger partial charge on any atom is -0.304 e. The summed E-state index contributed by atoms with van der Waals surface area (Å²) in [6.45, 7) is 11.1. The molecule has 1 aromatic rings. The molecule has 2 nitrogen and oxygen atoms in total. The van der Waals surface area contributed by atoms with Gasteiger partial charge < -0.3 is 5.32 Å². The van der Waals surface area contributed by atoms with Crippen molar-refractivity contribution in [2.45, 2.75) is 59.0 Å². The van der Waals surface area contributed by atoms with Gasteiger partial charge in [-0.25, -0.2) is 4.98 Å². The first-order chi connectivity index (χ1) is 7.02. The second-order valence-electron chi connectivity index (χ2n) is 4.44. The second kappa shape index (κ2) is 5.08. The van der Waals surface area contributed by atoms with Gasteiger partial charge in [-0.2, -0.15) is 0 Å². The molecule has 1 atom stereocenters. The number of hydrogen-bond acceptors (Lipinski definition) is 3. The van der Waals surface area contributed by atoms with Crippen molar-refractivity contribution in [1.29, 1.82) is 0 Å². The molecule has 0 spiro atoms. The molecule has 3 heteroatoms. The van der Waals surface area contributed by atoms with E-state index in [-0.39, 0.29) is 5.54 Å². The van der Waals surface area contributed by atoms with Gasteiger partial charge in [0.05, 0.1) is 11.2 Å². The fourth-order valence-electron chi connectivity index (χ4n) is 1.77. The zero-order chi connectivity index (χ0) is 11.5. The molecule has 1 unspecified atom stereocenters. The number of aromatic nitrogens is 1. The van der Waals surface area contributed by atoms with Crippen LogP contribution in [-0.2, 0) is 0 Å². The van der Waals surface area contributed by atoms with Gasteiger partial charge in [0, 0.05) is 16.5 Å². The Hall–Kier alpha value is -0.410. The number of aryl methyl sites for hydroxylation is 1. The Morgan fingerprint density at radius 1 is 1.47 bits per heavy atom. The van der Waals surface area contributed by atoms with E-state index in [1.165, 1.54) is 4.88 Å². The molecule has 1 heterocycles. The van der Waals surface area contributed by atoms with Gasteiger partial charge in [0.15, 0.2) is 0 Å². The summed E-state index contributed by atoms with van der Waals surface area (Å²) >= 11 is 1.75. The van der Waals surface area contributed by atoms with Crippen LogP contribution >= 0.6 is 11.3 Å². The molecule has 0 saturated carbocycles. The first kappa shape index (κ1) is 12.7. The van der Waals surface area contributed by atoms with E-state index < -0.39 is 0 Å². The van der Waals surface area contributed by atoms with Crippen LogP contribution < -0.4 is 5.32 Å². The molecule has 0 aliphatic heterocycles. The van der Waals surface area contributed by atoms with Crippen LogP contribution in [-0.4, -0.2) is 10.5 Å². The summed E-state index contributed by atoms with van der Waals surface area (Å²) in [4.78, 5) is 5.66. The van der Waals surface area contributed by atoms with Crippen LogP contribution in [0.15, 0.2) is 5.51 Å². The number of nitrogens with zero attached hydrogens (tertiary/aromatic N) is 1. The molecule has 86 valence electrons. The minimum atomic E-state index is 0.246. The summed E-state index contributed by atoms with van der Waals surface area (Å²) in [6, 6.07) is 0.405. The van der Waals surface area contributed by atoms with Crippen molar-refractivity contribution in [2.24, 2.45) is 0 Å². The number of nitrogens with one attached hydrogen (secondary N) is 1. The highest BCUT2D eigenvalue weighted by Crippen LogP contribution is 2.25. The van der Waals surface area contributed by atoms with Crippen molar-refractivity contribution in [1.82, 2.24) is 10.3 Å². The first-order valence-electron chi connectivity index (χ1n) is 5.70. The summed E-state index contributed by atoms with van der Waals surface area (Å²) < 4.78 is 0. The lowest BCUT2D eigenvalue weighted by Gasteiger charge is -2.32. The predicted octanol–water partition coefficient (Wildman–Crippen LogP) is 3.68. The van der Waals surface area contributed by atoms with E-state index in [2.05, 4.69) is 44.9 Å². The summed E-state index contributed by atoms with van der Waals surface area (Å²) in [5.41, 5.74) is 3.34. The molecule has 0 saturated heterocycles. The molecular formula is C12H22N2S. The molecule has 0 bridgehead atoms. The van der Waals surface area contributed by atoms with Gasteiger partial charge in [0.25, 0.3) is 0 Å². The summed E-state index contributed by atoms with van der Waals surface area (Å²) in [5, 5.41) is 3.71. The summed E-state index contributed by atoms with van der Waals surface area (Å²) in [5.74, 6) is 0. The maximum Gasteiger partial charge on any atom is 0.0798 e. The first-order valence-corrected chi connectivity index (χ1v) is 6.58. The van der Waals surface area contributed by atoms with Crippen molar-refractivity contribution in [3.05, 3.63) is 16.1 Å². The van der Waals surface area contributed by atoms with Crippen LogP contribution in [0.3, 0.4) is 0 Å². The standard InChI is InChI=1S/C12H22N2S/c1-6-12(5,7-2)14-10(4)11-9(3)13-8-15-11/h8,10,14H,6-7H2,1-5H3. The minimum absolute atomic E-state index is 0.246. The molecule has 0 amide bonds. The molecule has 0 aliphatic carbocycles. The van der Waals surface area contributed by atoms with E-state index in [1.807, 2.05) is 5.51 Å². The Labute approximate surface area is 97.1 Å². The van der Waals surface area contributed by atoms with Crippen LogP contribution in [0, 0.1) is 6.92 Å². The fourth-order valence-corrected chi connectivity index (χ4v) is 2.58. The smallest absolute Gasteiger partial charge is 0.0798 e. The molecule has 1 aromatic heterocycles. The SMILES string of the molecule is CCC(C)(CC)NC(C)c1scnc1C. The van der Waals surface area contributed by atoms with Gasteiger partial charge in [-0.05, 0) is 33.6 Å². The third-order valence-electron chi connectivity index (χ3n) is 3.30. The van der Waals surface area contributed by atoms with Gasteiger partial charge in [-0.1, -0.05) is 13.8 Å². The third-order valence-corrected chi connectivity index (χ3v) is 4.42. The molecule has 1 rings (SSSR count). The Morgan fingerprint density at radius 3 is 2.47 bits per heavy atom. The van der Waals surface area contributed by atoms with Gasteiger partial charge in [0.1, 0.15) is 0 Å². The van der Waals surface area contributed by atoms with Crippen LogP contribution in [0.4, 0.5) is 0 Å². The average Bonchev–Trinajstić information content (AvgIpc) is 2.64. The number of hydrogen-bond donors (Lipinski definition) is 1. The maximum atomic E-state index is 4.30. The predicted molar refractivity (Wildman–Crippen MR) is 67.4 cm³/mol. The highest BCUT2D eigenvalue weighted by molar-refractivity contribution is 7.09. The van der Waals surface area contributed by atoms with E-state index in [9.17, 15) is 0 Å². The molecule has 15 heavy (non-hydrogen) atoms. The van der Waals surface area contributed by atoms with Gasteiger partial charge in [0.2, 0.25) is 0 Å². The van der Waals surface area contributed by atoms with E-state index in [4.69, 9.17) is 0 Å². The van der Waals surface area contributed by atoms with Gasteiger partial charge in [-0.3, -0.25) is 0 Å². The molecule has 1 N–H and O–H groups in total. The topological polar surface area (TPSA) is 24.9 Å². The lowest BCUT2D eigenvalue weighted by atomic mass is 9.94. The summed E-state index contributed by atoms with van der Waals surface area (Å²) in [7, 11) is 0. The normalized spacial score (nSPS) is 14.2. The molecule has 0 radical (unpaired) electrons.